The van der Waals surface area contributed by atoms with Crippen LogP contribution >= 0.6 is 27.3 Å². The Bertz CT molecular complexity index is 798. The van der Waals surface area contributed by atoms with Crippen LogP contribution in [-0.2, 0) is 0 Å². The first-order chi connectivity index (χ1) is 10.1. The van der Waals surface area contributed by atoms with Crippen molar-refractivity contribution < 1.29 is 4.74 Å². The number of pyridine rings is 1. The van der Waals surface area contributed by atoms with Gasteiger partial charge in [-0.15, -0.1) is 11.3 Å². The maximum atomic E-state index is 5.32. The molecule has 1 radical (unpaired) electrons. The van der Waals surface area contributed by atoms with Crippen molar-refractivity contribution in [2.45, 2.75) is 19.8 Å². The molecule has 0 aliphatic carbocycles. The summed E-state index contributed by atoms with van der Waals surface area (Å²) >= 11 is 5.22. The fourth-order valence-corrected chi connectivity index (χ4v) is 3.46. The van der Waals surface area contributed by atoms with Crippen molar-refractivity contribution in [3.63, 3.8) is 0 Å². The maximum absolute atomic E-state index is 5.32. The molecule has 0 fully saturated rings. The van der Waals surface area contributed by atoms with Crippen LogP contribution in [0.5, 0.6) is 5.75 Å². The second-order valence-corrected chi connectivity index (χ2v) is 6.67. The smallest absolute Gasteiger partial charge is 0.135 e. The molecule has 0 spiro atoms. The lowest BCUT2D eigenvalue weighted by molar-refractivity contribution is 0.413. The molecule has 0 amide bonds. The number of ether oxygens (including phenoxy) is 1. The highest BCUT2D eigenvalue weighted by Crippen LogP contribution is 2.33. The van der Waals surface area contributed by atoms with Crippen molar-refractivity contribution >= 4 is 38.2 Å². The van der Waals surface area contributed by atoms with Crippen molar-refractivity contribution in [2.24, 2.45) is 0 Å². The molecule has 3 nitrogen and oxygen atoms in total. The van der Waals surface area contributed by atoms with E-state index in [1.54, 1.807) is 18.4 Å². The fraction of sp³-hybridized carbons (Fsp3) is 0.250. The topological polar surface area (TPSA) is 35.0 Å². The predicted molar refractivity (Wildman–Crippen MR) is 90.0 cm³/mol. The number of thiazole rings is 1. The van der Waals surface area contributed by atoms with Crippen molar-refractivity contribution in [2.75, 3.05) is 7.11 Å². The van der Waals surface area contributed by atoms with Gasteiger partial charge < -0.3 is 4.74 Å². The van der Waals surface area contributed by atoms with E-state index in [9.17, 15) is 0 Å². The number of nitrogens with zero attached hydrogens (tertiary/aromatic N) is 2. The average Bonchev–Trinajstić information content (AvgIpc) is 2.97. The van der Waals surface area contributed by atoms with Gasteiger partial charge in [0.25, 0.3) is 0 Å². The third kappa shape index (κ3) is 2.68. The van der Waals surface area contributed by atoms with E-state index in [1.165, 1.54) is 0 Å². The summed E-state index contributed by atoms with van der Waals surface area (Å²) in [5, 5.41) is 4.12. The number of rotatable bonds is 3. The summed E-state index contributed by atoms with van der Waals surface area (Å²) in [5.41, 5.74) is 2.57. The molecule has 2 heterocycles. The molecule has 0 saturated heterocycles. The quantitative estimate of drug-likeness (QED) is 0.654. The molecule has 0 bridgehead atoms. The highest BCUT2D eigenvalue weighted by molar-refractivity contribution is 9.10. The molecular formula is C16H14BrN2OS. The first-order valence-corrected chi connectivity index (χ1v) is 8.28. The predicted octanol–water partition coefficient (Wildman–Crippen LogP) is 5.05. The molecule has 3 aromatic rings. The van der Waals surface area contributed by atoms with Crippen LogP contribution in [0.15, 0.2) is 28.1 Å². The lowest BCUT2D eigenvalue weighted by atomic mass is 10.2. The van der Waals surface area contributed by atoms with Gasteiger partial charge in [0.2, 0.25) is 0 Å². The molecule has 0 N–H and O–H groups in total. The van der Waals surface area contributed by atoms with Gasteiger partial charge in [-0.2, -0.15) is 0 Å². The zero-order valence-corrected chi connectivity index (χ0v) is 14.4. The summed E-state index contributed by atoms with van der Waals surface area (Å²) in [4.78, 5) is 9.36. The standard InChI is InChI=1S/C16H14BrN2OS/c1-9(2)16-19-12(8-21-16)11-6-4-10-5-7-13(20-3)14(17)15(10)18-11/h5-9H,1-3H3. The number of fused-ring (bicyclic) bond motifs is 1. The van der Waals surface area contributed by atoms with Gasteiger partial charge in [0.05, 0.1) is 33.5 Å². The molecule has 3 rings (SSSR count). The van der Waals surface area contributed by atoms with E-state index in [-0.39, 0.29) is 0 Å². The van der Waals surface area contributed by atoms with Crippen molar-refractivity contribution in [1.29, 1.82) is 0 Å². The van der Waals surface area contributed by atoms with Gasteiger partial charge in [0, 0.05) is 16.7 Å². The van der Waals surface area contributed by atoms with Gasteiger partial charge in [0.15, 0.2) is 0 Å². The SMILES string of the molecule is COc1ccc2[c]cc(-c3csc(C(C)C)n3)nc2c1Br. The van der Waals surface area contributed by atoms with E-state index in [4.69, 9.17) is 9.72 Å². The van der Waals surface area contributed by atoms with Crippen LogP contribution in [0, 0.1) is 6.07 Å². The molecule has 107 valence electrons. The van der Waals surface area contributed by atoms with Crippen molar-refractivity contribution in [3.05, 3.63) is 39.1 Å². The van der Waals surface area contributed by atoms with E-state index in [1.807, 2.05) is 23.6 Å². The fourth-order valence-electron chi connectivity index (χ4n) is 2.03. The molecule has 1 aromatic carbocycles. The highest BCUT2D eigenvalue weighted by atomic mass is 79.9. The van der Waals surface area contributed by atoms with Gasteiger partial charge >= 0.3 is 0 Å². The average molecular weight is 362 g/mol. The maximum Gasteiger partial charge on any atom is 0.135 e. The van der Waals surface area contributed by atoms with E-state index in [0.717, 1.165) is 37.5 Å². The Morgan fingerprint density at radius 1 is 1.24 bits per heavy atom. The second-order valence-electron chi connectivity index (χ2n) is 4.99. The first-order valence-electron chi connectivity index (χ1n) is 6.61. The summed E-state index contributed by atoms with van der Waals surface area (Å²) in [6.07, 6.45) is 0. The molecule has 0 saturated carbocycles. The van der Waals surface area contributed by atoms with Gasteiger partial charge in [0.1, 0.15) is 5.75 Å². The van der Waals surface area contributed by atoms with Gasteiger partial charge in [-0.1, -0.05) is 13.8 Å². The number of aromatic nitrogens is 2. The third-order valence-electron chi connectivity index (χ3n) is 3.18. The minimum absolute atomic E-state index is 0.431. The monoisotopic (exact) mass is 361 g/mol. The van der Waals surface area contributed by atoms with Crippen LogP contribution in [-0.4, -0.2) is 17.1 Å². The molecule has 5 heteroatoms. The van der Waals surface area contributed by atoms with E-state index in [2.05, 4.69) is 40.8 Å². The number of hydrogen-bond acceptors (Lipinski definition) is 4. The Morgan fingerprint density at radius 3 is 2.71 bits per heavy atom. The zero-order chi connectivity index (χ0) is 15.0. The number of methoxy groups -OCH3 is 1. The summed E-state index contributed by atoms with van der Waals surface area (Å²) < 4.78 is 6.17. The zero-order valence-electron chi connectivity index (χ0n) is 12.0. The van der Waals surface area contributed by atoms with E-state index < -0.39 is 0 Å². The third-order valence-corrected chi connectivity index (χ3v) is 5.09. The second kappa shape index (κ2) is 5.73. The van der Waals surface area contributed by atoms with Crippen LogP contribution in [0.4, 0.5) is 0 Å². The minimum atomic E-state index is 0.431. The van der Waals surface area contributed by atoms with E-state index >= 15 is 0 Å². The molecule has 2 aromatic heterocycles. The molecule has 0 atom stereocenters. The Labute approximate surface area is 136 Å². The van der Waals surface area contributed by atoms with Gasteiger partial charge in [-0.25, -0.2) is 9.97 Å². The van der Waals surface area contributed by atoms with Crippen LogP contribution in [0.3, 0.4) is 0 Å². The number of halogens is 1. The Morgan fingerprint density at radius 2 is 2.05 bits per heavy atom. The van der Waals surface area contributed by atoms with Crippen LogP contribution in [0.25, 0.3) is 22.3 Å². The summed E-state index contributed by atoms with van der Waals surface area (Å²) in [6, 6.07) is 9.02. The summed E-state index contributed by atoms with van der Waals surface area (Å²) in [6.45, 7) is 4.29. The van der Waals surface area contributed by atoms with Crippen LogP contribution < -0.4 is 4.74 Å². The van der Waals surface area contributed by atoms with Crippen LogP contribution in [0.1, 0.15) is 24.8 Å². The van der Waals surface area contributed by atoms with Crippen LogP contribution in [0.2, 0.25) is 0 Å². The Kier molecular flexibility index (Phi) is 3.95. The molecule has 0 aliphatic rings. The first kappa shape index (κ1) is 14.5. The Balaban J connectivity index is 2.13. The molecular weight excluding hydrogens is 348 g/mol. The van der Waals surface area contributed by atoms with Crippen molar-refractivity contribution in [1.82, 2.24) is 9.97 Å². The number of hydrogen-bond donors (Lipinski definition) is 0. The van der Waals surface area contributed by atoms with E-state index in [0.29, 0.717) is 5.92 Å². The lowest BCUT2D eigenvalue weighted by Crippen LogP contribution is -1.91. The molecule has 0 aliphatic heterocycles. The minimum Gasteiger partial charge on any atom is -0.495 e. The summed E-state index contributed by atoms with van der Waals surface area (Å²) in [5.74, 6) is 1.20. The van der Waals surface area contributed by atoms with Crippen molar-refractivity contribution in [3.8, 4) is 17.1 Å². The molecule has 0 unspecified atom stereocenters. The Hall–Kier alpha value is -1.46. The molecule has 21 heavy (non-hydrogen) atoms. The normalized spacial score (nSPS) is 11.3. The summed E-state index contributed by atoms with van der Waals surface area (Å²) in [7, 11) is 1.65. The largest absolute Gasteiger partial charge is 0.495 e. The highest BCUT2D eigenvalue weighted by Gasteiger charge is 2.12. The number of benzene rings is 1. The van der Waals surface area contributed by atoms with Gasteiger partial charge in [-0.05, 0) is 40.2 Å². The lowest BCUT2D eigenvalue weighted by Gasteiger charge is -2.07. The van der Waals surface area contributed by atoms with Gasteiger partial charge in [-0.3, -0.25) is 0 Å².